The number of likely N-dealkylation sites (N-methyl/N-ethyl adjacent to an activating group) is 2. The van der Waals surface area contributed by atoms with E-state index in [1.54, 1.807) is 38.2 Å². The number of Topliss-reactive ketones (excluding diaryl/α,β-unsaturated/α-hetero) is 1. The summed E-state index contributed by atoms with van der Waals surface area (Å²) in [6.07, 6.45) is 2.79. The van der Waals surface area contributed by atoms with Crippen LogP contribution in [0.5, 0.6) is 0 Å². The fraction of sp³-hybridized carbons (Fsp3) is 0.227. The van der Waals surface area contributed by atoms with Gasteiger partial charge in [-0.1, -0.05) is 29.8 Å². The van der Waals surface area contributed by atoms with Crippen LogP contribution in [0.15, 0.2) is 42.7 Å². The molecule has 0 bridgehead atoms. The molecule has 0 aliphatic carbocycles. The number of rotatable bonds is 8. The number of hydrogen-bond acceptors (Lipinski definition) is 7. The molecular formula is C22H21ClN8O3. The van der Waals surface area contributed by atoms with Crippen molar-refractivity contribution in [2.24, 2.45) is 0 Å². The van der Waals surface area contributed by atoms with Gasteiger partial charge in [0.25, 0.3) is 17.6 Å². The van der Waals surface area contributed by atoms with Crippen molar-refractivity contribution in [2.75, 3.05) is 26.7 Å². The van der Waals surface area contributed by atoms with E-state index < -0.39 is 11.7 Å². The Bertz CT molecular complexity index is 1340. The largest absolute Gasteiger partial charge is 0.359 e. The maximum atomic E-state index is 13.2. The Morgan fingerprint density at radius 2 is 1.88 bits per heavy atom. The number of aromatic amines is 2. The Balaban J connectivity index is 1.52. The monoisotopic (exact) mass is 480 g/mol. The molecular weight excluding hydrogens is 460 g/mol. The maximum absolute atomic E-state index is 13.2. The van der Waals surface area contributed by atoms with E-state index in [0.29, 0.717) is 28.7 Å². The van der Waals surface area contributed by atoms with Gasteiger partial charge in [-0.05, 0) is 29.5 Å². The van der Waals surface area contributed by atoms with E-state index in [9.17, 15) is 14.4 Å². The third kappa shape index (κ3) is 4.37. The molecule has 3 aromatic heterocycles. The number of fused-ring (bicyclic) bond motifs is 1. The van der Waals surface area contributed by atoms with Crippen LogP contribution in [-0.4, -0.2) is 84.7 Å². The highest BCUT2D eigenvalue weighted by atomic mass is 35.5. The van der Waals surface area contributed by atoms with Gasteiger partial charge in [0.05, 0.1) is 16.1 Å². The van der Waals surface area contributed by atoms with E-state index in [2.05, 4.69) is 30.6 Å². The summed E-state index contributed by atoms with van der Waals surface area (Å²) < 4.78 is 0. The summed E-state index contributed by atoms with van der Waals surface area (Å²) >= 11 is 6.33. The van der Waals surface area contributed by atoms with E-state index in [0.717, 1.165) is 0 Å². The molecule has 0 atom stereocenters. The first-order chi connectivity index (χ1) is 16.4. The Morgan fingerprint density at radius 1 is 1.12 bits per heavy atom. The van der Waals surface area contributed by atoms with Crippen LogP contribution in [-0.2, 0) is 4.79 Å². The lowest BCUT2D eigenvalue weighted by atomic mass is 10.1. The molecule has 0 aliphatic rings. The van der Waals surface area contributed by atoms with Crippen molar-refractivity contribution in [3.63, 3.8) is 0 Å². The number of benzene rings is 1. The molecule has 1 aromatic carbocycles. The van der Waals surface area contributed by atoms with Crippen molar-refractivity contribution < 1.29 is 14.4 Å². The molecule has 2 amide bonds. The number of carbonyl (C=O) groups excluding carboxylic acids is 3. The third-order valence-electron chi connectivity index (χ3n) is 5.41. The summed E-state index contributed by atoms with van der Waals surface area (Å²) in [5, 5.41) is 14.1. The van der Waals surface area contributed by atoms with Gasteiger partial charge in [0.15, 0.2) is 5.82 Å². The van der Waals surface area contributed by atoms with Gasteiger partial charge in [-0.3, -0.25) is 14.4 Å². The quantitative estimate of drug-likeness (QED) is 0.291. The SMILES string of the molecule is CCN(CCN(C)C(=O)c1ccccc1)C(=O)C(=O)c1c[nH]c2c(-c3nnn[nH]3)ncc(Cl)c12. The molecule has 0 saturated carbocycles. The van der Waals surface area contributed by atoms with Crippen LogP contribution in [0.1, 0.15) is 27.6 Å². The van der Waals surface area contributed by atoms with Gasteiger partial charge in [-0.25, -0.2) is 10.1 Å². The number of halogens is 1. The lowest BCUT2D eigenvalue weighted by Crippen LogP contribution is -2.42. The average molecular weight is 481 g/mol. The molecule has 11 nitrogen and oxygen atoms in total. The van der Waals surface area contributed by atoms with Gasteiger partial charge in [0.1, 0.15) is 5.69 Å². The van der Waals surface area contributed by atoms with Gasteiger partial charge >= 0.3 is 0 Å². The Labute approximate surface area is 199 Å². The smallest absolute Gasteiger partial charge is 0.295 e. The van der Waals surface area contributed by atoms with E-state index in [4.69, 9.17) is 11.6 Å². The molecule has 12 heteroatoms. The van der Waals surface area contributed by atoms with Crippen molar-refractivity contribution in [3.8, 4) is 11.5 Å². The first-order valence-electron chi connectivity index (χ1n) is 10.5. The van der Waals surface area contributed by atoms with E-state index in [-0.39, 0.29) is 35.4 Å². The highest BCUT2D eigenvalue weighted by Crippen LogP contribution is 2.31. The number of pyridine rings is 1. The second-order valence-corrected chi connectivity index (χ2v) is 7.87. The van der Waals surface area contributed by atoms with Gasteiger partial charge in [-0.2, -0.15) is 0 Å². The number of amides is 2. The summed E-state index contributed by atoms with van der Waals surface area (Å²) in [4.78, 5) is 48.9. The standard InChI is InChI=1S/C22H21ClN8O3/c1-3-31(10-9-30(2)21(33)13-7-5-4-6-8-13)22(34)19(32)14-11-24-17-16(14)15(23)12-25-18(17)20-26-28-29-27-20/h4-8,11-12,24H,3,9-10H2,1-2H3,(H,26,27,28,29). The second-order valence-electron chi connectivity index (χ2n) is 7.46. The number of ketones is 1. The second kappa shape index (κ2) is 9.79. The van der Waals surface area contributed by atoms with Crippen LogP contribution in [0.25, 0.3) is 22.4 Å². The molecule has 0 radical (unpaired) electrons. The van der Waals surface area contributed by atoms with Crippen molar-refractivity contribution in [2.45, 2.75) is 6.92 Å². The van der Waals surface area contributed by atoms with E-state index >= 15 is 0 Å². The zero-order valence-corrected chi connectivity index (χ0v) is 19.2. The predicted molar refractivity (Wildman–Crippen MR) is 124 cm³/mol. The number of nitrogens with one attached hydrogen (secondary N) is 2. The van der Waals surface area contributed by atoms with Crippen LogP contribution < -0.4 is 0 Å². The zero-order valence-electron chi connectivity index (χ0n) is 18.4. The Morgan fingerprint density at radius 3 is 2.56 bits per heavy atom. The van der Waals surface area contributed by atoms with Gasteiger partial charge in [-0.15, -0.1) is 5.10 Å². The minimum Gasteiger partial charge on any atom is -0.359 e. The van der Waals surface area contributed by atoms with Gasteiger partial charge in [0, 0.05) is 50.0 Å². The van der Waals surface area contributed by atoms with Crippen molar-refractivity contribution >= 4 is 40.1 Å². The van der Waals surface area contributed by atoms with Crippen LogP contribution in [0.4, 0.5) is 0 Å². The highest BCUT2D eigenvalue weighted by molar-refractivity contribution is 6.47. The lowest BCUT2D eigenvalue weighted by molar-refractivity contribution is -0.126. The summed E-state index contributed by atoms with van der Waals surface area (Å²) in [7, 11) is 1.65. The van der Waals surface area contributed by atoms with Crippen molar-refractivity contribution in [1.82, 2.24) is 40.4 Å². The molecule has 0 spiro atoms. The molecule has 34 heavy (non-hydrogen) atoms. The molecule has 3 heterocycles. The topological polar surface area (TPSA) is 141 Å². The molecule has 0 aliphatic heterocycles. The fourth-order valence-corrected chi connectivity index (χ4v) is 3.81. The fourth-order valence-electron chi connectivity index (χ4n) is 3.56. The average Bonchev–Trinajstić information content (AvgIpc) is 3.55. The molecule has 4 rings (SSSR count). The number of hydrogen-bond donors (Lipinski definition) is 2. The van der Waals surface area contributed by atoms with Crippen molar-refractivity contribution in [3.05, 3.63) is 58.9 Å². The lowest BCUT2D eigenvalue weighted by Gasteiger charge is -2.24. The molecule has 174 valence electrons. The molecule has 0 unspecified atom stereocenters. The van der Waals surface area contributed by atoms with Crippen LogP contribution in [0.2, 0.25) is 5.02 Å². The molecule has 4 aromatic rings. The van der Waals surface area contributed by atoms with Crippen LogP contribution in [0, 0.1) is 0 Å². The van der Waals surface area contributed by atoms with Crippen LogP contribution >= 0.6 is 11.6 Å². The number of nitrogens with zero attached hydrogens (tertiary/aromatic N) is 6. The molecule has 0 saturated heterocycles. The maximum Gasteiger partial charge on any atom is 0.295 e. The summed E-state index contributed by atoms with van der Waals surface area (Å²) in [6, 6.07) is 8.85. The van der Waals surface area contributed by atoms with Gasteiger partial charge in [0.2, 0.25) is 0 Å². The van der Waals surface area contributed by atoms with Gasteiger partial charge < -0.3 is 14.8 Å². The van der Waals surface area contributed by atoms with Crippen molar-refractivity contribution in [1.29, 1.82) is 0 Å². The summed E-state index contributed by atoms with van der Waals surface area (Å²) in [5.41, 5.74) is 1.46. The minimum atomic E-state index is -0.722. The number of carbonyl (C=O) groups is 3. The third-order valence-corrected chi connectivity index (χ3v) is 5.70. The number of tetrazole rings is 1. The van der Waals surface area contributed by atoms with E-state index in [1.165, 1.54) is 22.2 Å². The number of aromatic nitrogens is 6. The van der Waals surface area contributed by atoms with E-state index in [1.807, 2.05) is 6.07 Å². The zero-order chi connectivity index (χ0) is 24.2. The Kier molecular flexibility index (Phi) is 6.64. The normalized spacial score (nSPS) is 10.9. The summed E-state index contributed by atoms with van der Waals surface area (Å²) in [5.74, 6) is -1.30. The Hall–Kier alpha value is -4.12. The highest BCUT2D eigenvalue weighted by Gasteiger charge is 2.27. The number of H-pyrrole nitrogens is 2. The summed E-state index contributed by atoms with van der Waals surface area (Å²) in [6.45, 7) is 2.53. The minimum absolute atomic E-state index is 0.119. The molecule has 0 fully saturated rings. The van der Waals surface area contributed by atoms with Crippen LogP contribution in [0.3, 0.4) is 0 Å². The predicted octanol–water partition coefficient (Wildman–Crippen LogP) is 2.20. The first-order valence-corrected chi connectivity index (χ1v) is 10.8. The first kappa shape index (κ1) is 23.1. The molecule has 2 N–H and O–H groups in total.